The minimum Gasteiger partial charge on any atom is -0.207 e. The lowest BCUT2D eigenvalue weighted by Crippen LogP contribution is -2.44. The summed E-state index contributed by atoms with van der Waals surface area (Å²) in [6, 6.07) is 15.5. The molecule has 0 spiro atoms. The lowest BCUT2D eigenvalue weighted by atomic mass is 9.96. The average molecular weight is 389 g/mol. The highest BCUT2D eigenvalue weighted by Crippen LogP contribution is 2.26. The minimum atomic E-state index is -3.63. The molecule has 2 aromatic rings. The topological polar surface area (TPSA) is 46.2 Å². The molecule has 0 radical (unpaired) electrons. The first-order chi connectivity index (χ1) is 9.87. The number of nitrogens with one attached hydrogen (secondary N) is 1. The van der Waals surface area contributed by atoms with Gasteiger partial charge in [0.2, 0.25) is 10.0 Å². The van der Waals surface area contributed by atoms with E-state index >= 15 is 0 Å². The van der Waals surface area contributed by atoms with Crippen LogP contribution in [0.5, 0.6) is 0 Å². The molecule has 0 saturated carbocycles. The monoisotopic (exact) mass is 387 g/mol. The first-order valence-electron chi connectivity index (χ1n) is 6.28. The van der Waals surface area contributed by atoms with Crippen LogP contribution in [0.2, 0.25) is 5.02 Å². The molecule has 0 amide bonds. The van der Waals surface area contributed by atoms with Crippen LogP contribution in [-0.4, -0.2) is 13.7 Å². The van der Waals surface area contributed by atoms with E-state index in [1.54, 1.807) is 12.1 Å². The molecule has 21 heavy (non-hydrogen) atoms. The molecule has 0 aliphatic carbocycles. The number of benzene rings is 2. The van der Waals surface area contributed by atoms with Gasteiger partial charge in [0.25, 0.3) is 0 Å². The molecule has 0 aliphatic rings. The van der Waals surface area contributed by atoms with E-state index in [-0.39, 0.29) is 4.90 Å². The van der Waals surface area contributed by atoms with Crippen molar-refractivity contribution >= 4 is 37.6 Å². The van der Waals surface area contributed by atoms with Gasteiger partial charge in [-0.05, 0) is 36.8 Å². The Kier molecular flexibility index (Phi) is 5.09. The summed E-state index contributed by atoms with van der Waals surface area (Å²) in [6.07, 6.45) is 0. The predicted octanol–water partition coefficient (Wildman–Crippen LogP) is 3.93. The zero-order valence-corrected chi connectivity index (χ0v) is 14.5. The number of halogens is 2. The fourth-order valence-corrected chi connectivity index (χ4v) is 4.11. The number of sulfonamides is 1. The molecule has 0 aliphatic heterocycles. The van der Waals surface area contributed by atoms with E-state index in [2.05, 4.69) is 20.7 Å². The van der Waals surface area contributed by atoms with Gasteiger partial charge >= 0.3 is 0 Å². The fourth-order valence-electron chi connectivity index (χ4n) is 1.94. The van der Waals surface area contributed by atoms with Crippen molar-refractivity contribution in [1.82, 2.24) is 4.72 Å². The summed E-state index contributed by atoms with van der Waals surface area (Å²) in [6.45, 7) is 1.84. The number of hydrogen-bond acceptors (Lipinski definition) is 2. The van der Waals surface area contributed by atoms with E-state index in [9.17, 15) is 8.42 Å². The summed E-state index contributed by atoms with van der Waals surface area (Å²) in [5.74, 6) is 0. The van der Waals surface area contributed by atoms with Crippen molar-refractivity contribution in [3.05, 3.63) is 65.2 Å². The molecule has 1 unspecified atom stereocenters. The van der Waals surface area contributed by atoms with Crippen LogP contribution in [0, 0.1) is 0 Å². The SMILES string of the molecule is CC(CBr)(NS(=O)(=O)c1ccc(Cl)cc1)c1ccccc1. The highest BCUT2D eigenvalue weighted by Gasteiger charge is 2.31. The summed E-state index contributed by atoms with van der Waals surface area (Å²) in [7, 11) is -3.63. The molecule has 3 nitrogen and oxygen atoms in total. The molecule has 0 heterocycles. The molecule has 2 aromatic carbocycles. The molecule has 0 fully saturated rings. The molecule has 0 bridgehead atoms. The van der Waals surface area contributed by atoms with Gasteiger partial charge in [-0.25, -0.2) is 13.1 Å². The van der Waals surface area contributed by atoms with Crippen LogP contribution >= 0.6 is 27.5 Å². The third-order valence-electron chi connectivity index (χ3n) is 3.16. The highest BCUT2D eigenvalue weighted by molar-refractivity contribution is 9.09. The van der Waals surface area contributed by atoms with E-state index in [0.29, 0.717) is 10.4 Å². The molecular weight excluding hydrogens is 374 g/mol. The number of hydrogen-bond donors (Lipinski definition) is 1. The molecule has 112 valence electrons. The summed E-state index contributed by atoms with van der Waals surface area (Å²) < 4.78 is 27.8. The highest BCUT2D eigenvalue weighted by atomic mass is 79.9. The van der Waals surface area contributed by atoms with Crippen molar-refractivity contribution < 1.29 is 8.42 Å². The van der Waals surface area contributed by atoms with E-state index in [1.165, 1.54) is 12.1 Å². The Morgan fingerprint density at radius 3 is 2.19 bits per heavy atom. The van der Waals surface area contributed by atoms with Gasteiger partial charge in [-0.1, -0.05) is 57.9 Å². The largest absolute Gasteiger partial charge is 0.241 e. The smallest absolute Gasteiger partial charge is 0.207 e. The molecule has 1 atom stereocenters. The third-order valence-corrected chi connectivity index (χ3v) is 6.15. The normalized spacial score (nSPS) is 14.6. The van der Waals surface area contributed by atoms with Gasteiger partial charge in [-0.3, -0.25) is 0 Å². The maximum absolute atomic E-state index is 12.5. The van der Waals surface area contributed by atoms with Crippen LogP contribution < -0.4 is 4.72 Å². The zero-order chi connectivity index (χ0) is 15.5. The van der Waals surface area contributed by atoms with E-state index < -0.39 is 15.6 Å². The van der Waals surface area contributed by atoms with E-state index in [1.807, 2.05) is 37.3 Å². The van der Waals surface area contributed by atoms with Crippen LogP contribution in [0.15, 0.2) is 59.5 Å². The summed E-state index contributed by atoms with van der Waals surface area (Å²) in [5, 5.41) is 0.955. The van der Waals surface area contributed by atoms with Gasteiger partial charge in [0, 0.05) is 10.4 Å². The van der Waals surface area contributed by atoms with Crippen LogP contribution in [-0.2, 0) is 15.6 Å². The second-order valence-corrected chi connectivity index (χ2v) is 7.57. The second kappa shape index (κ2) is 6.48. The lowest BCUT2D eigenvalue weighted by Gasteiger charge is -2.29. The summed E-state index contributed by atoms with van der Waals surface area (Å²) in [5.41, 5.74) is 0.152. The van der Waals surface area contributed by atoms with Gasteiger partial charge in [-0.15, -0.1) is 0 Å². The maximum Gasteiger partial charge on any atom is 0.241 e. The van der Waals surface area contributed by atoms with Crippen molar-refractivity contribution in [2.24, 2.45) is 0 Å². The Balaban J connectivity index is 2.35. The van der Waals surface area contributed by atoms with E-state index in [0.717, 1.165) is 5.56 Å². The van der Waals surface area contributed by atoms with Crippen LogP contribution in [0.3, 0.4) is 0 Å². The Hall–Kier alpha value is -0.880. The predicted molar refractivity (Wildman–Crippen MR) is 89.4 cm³/mol. The zero-order valence-electron chi connectivity index (χ0n) is 11.4. The van der Waals surface area contributed by atoms with Gasteiger partial charge in [0.05, 0.1) is 10.4 Å². The first-order valence-corrected chi connectivity index (χ1v) is 9.27. The lowest BCUT2D eigenvalue weighted by molar-refractivity contribution is 0.482. The van der Waals surface area contributed by atoms with Crippen LogP contribution in [0.1, 0.15) is 12.5 Å². The maximum atomic E-state index is 12.5. The Bertz CT molecular complexity index is 704. The third kappa shape index (κ3) is 3.86. The quantitative estimate of drug-likeness (QED) is 0.789. The minimum absolute atomic E-state index is 0.190. The van der Waals surface area contributed by atoms with Gasteiger partial charge in [0.1, 0.15) is 0 Å². The second-order valence-electron chi connectivity index (χ2n) is 4.89. The molecule has 6 heteroatoms. The van der Waals surface area contributed by atoms with Crippen molar-refractivity contribution in [2.45, 2.75) is 17.4 Å². The number of alkyl halides is 1. The number of rotatable bonds is 5. The fraction of sp³-hybridized carbons (Fsp3) is 0.200. The summed E-state index contributed by atoms with van der Waals surface area (Å²) >= 11 is 9.19. The van der Waals surface area contributed by atoms with Crippen molar-refractivity contribution in [1.29, 1.82) is 0 Å². The van der Waals surface area contributed by atoms with Crippen molar-refractivity contribution in [3.8, 4) is 0 Å². The average Bonchev–Trinajstić information content (AvgIpc) is 2.48. The van der Waals surface area contributed by atoms with Crippen LogP contribution in [0.4, 0.5) is 0 Å². The molecule has 1 N–H and O–H groups in total. The standard InChI is InChI=1S/C15H15BrClNO2S/c1-15(11-16,12-5-3-2-4-6-12)18-21(19,20)14-9-7-13(17)8-10-14/h2-10,18H,11H2,1H3. The molecule has 0 saturated heterocycles. The molecule has 0 aromatic heterocycles. The van der Waals surface area contributed by atoms with Crippen molar-refractivity contribution in [3.63, 3.8) is 0 Å². The Labute approximate surface area is 138 Å². The first kappa shape index (κ1) is 16.5. The van der Waals surface area contributed by atoms with Crippen LogP contribution in [0.25, 0.3) is 0 Å². The van der Waals surface area contributed by atoms with Crippen molar-refractivity contribution in [2.75, 3.05) is 5.33 Å². The van der Waals surface area contributed by atoms with Gasteiger partial charge in [0.15, 0.2) is 0 Å². The van der Waals surface area contributed by atoms with Gasteiger partial charge < -0.3 is 0 Å². The molecular formula is C15H15BrClNO2S. The van der Waals surface area contributed by atoms with E-state index in [4.69, 9.17) is 11.6 Å². The van der Waals surface area contributed by atoms with Gasteiger partial charge in [-0.2, -0.15) is 0 Å². The Morgan fingerprint density at radius 1 is 1.10 bits per heavy atom. The molecule has 2 rings (SSSR count). The Morgan fingerprint density at radius 2 is 1.67 bits per heavy atom. The summed E-state index contributed by atoms with van der Waals surface area (Å²) in [4.78, 5) is 0.190.